The zero-order valence-corrected chi connectivity index (χ0v) is 13.5. The van der Waals surface area contributed by atoms with E-state index in [-0.39, 0.29) is 0 Å². The summed E-state index contributed by atoms with van der Waals surface area (Å²) >= 11 is 0. The van der Waals surface area contributed by atoms with Crippen LogP contribution in [-0.4, -0.2) is 18.3 Å². The van der Waals surface area contributed by atoms with Gasteiger partial charge in [0.1, 0.15) is 0 Å². The molecule has 1 aromatic carbocycles. The lowest BCUT2D eigenvalue weighted by molar-refractivity contribution is 0.227. The third-order valence-electron chi connectivity index (χ3n) is 3.76. The van der Waals surface area contributed by atoms with Gasteiger partial charge in [-0.25, -0.2) is 0 Å². The molecule has 0 bridgehead atoms. The van der Waals surface area contributed by atoms with E-state index in [1.54, 1.807) is 0 Å². The summed E-state index contributed by atoms with van der Waals surface area (Å²) in [4.78, 5) is 0. The number of aliphatic hydroxyl groups excluding tert-OH is 1. The molecule has 0 saturated heterocycles. The molecule has 2 nitrogen and oxygen atoms in total. The fourth-order valence-corrected chi connectivity index (χ4v) is 2.39. The third-order valence-corrected chi connectivity index (χ3v) is 3.76. The van der Waals surface area contributed by atoms with Gasteiger partial charge in [-0.15, -0.1) is 0 Å². The Morgan fingerprint density at radius 1 is 1.05 bits per heavy atom. The number of hydrogen-bond donors (Lipinski definition) is 2. The van der Waals surface area contributed by atoms with Crippen molar-refractivity contribution in [2.75, 3.05) is 13.2 Å². The first-order valence-electron chi connectivity index (χ1n) is 7.96. The monoisotopic (exact) mass is 277 g/mol. The average Bonchev–Trinajstić information content (AvgIpc) is 2.43. The quantitative estimate of drug-likeness (QED) is 0.670. The molecule has 0 radical (unpaired) electrons. The molecular formula is C18H31NO. The predicted octanol–water partition coefficient (Wildman–Crippen LogP) is 3.94. The second-order valence-corrected chi connectivity index (χ2v) is 6.45. The molecule has 0 aliphatic heterocycles. The largest absolute Gasteiger partial charge is 0.396 e. The topological polar surface area (TPSA) is 32.3 Å². The summed E-state index contributed by atoms with van der Waals surface area (Å²) in [7, 11) is 0. The molecule has 0 heterocycles. The molecule has 2 atom stereocenters. The molecule has 20 heavy (non-hydrogen) atoms. The molecule has 0 fully saturated rings. The molecule has 114 valence electrons. The molecule has 0 aliphatic rings. The van der Waals surface area contributed by atoms with Gasteiger partial charge in [0.15, 0.2) is 0 Å². The first kappa shape index (κ1) is 17.2. The van der Waals surface area contributed by atoms with Gasteiger partial charge < -0.3 is 10.4 Å². The third kappa shape index (κ3) is 6.53. The predicted molar refractivity (Wildman–Crippen MR) is 86.9 cm³/mol. The number of aliphatic hydroxyl groups is 1. The highest BCUT2D eigenvalue weighted by molar-refractivity contribution is 5.25. The standard InChI is InChI=1S/C18H31NO/c1-14(2)12-17-7-9-18(10-8-17)16(4)19-11-5-6-15(3)13-20/h7-10,14-16,19-20H,5-6,11-13H2,1-4H3. The van der Waals surface area contributed by atoms with Gasteiger partial charge in [-0.3, -0.25) is 0 Å². The number of rotatable bonds is 9. The van der Waals surface area contributed by atoms with E-state index in [0.29, 0.717) is 24.5 Å². The van der Waals surface area contributed by atoms with Gasteiger partial charge in [-0.1, -0.05) is 45.0 Å². The van der Waals surface area contributed by atoms with Crippen molar-refractivity contribution in [2.45, 2.75) is 53.0 Å². The zero-order valence-electron chi connectivity index (χ0n) is 13.5. The Morgan fingerprint density at radius 3 is 2.25 bits per heavy atom. The second-order valence-electron chi connectivity index (χ2n) is 6.45. The summed E-state index contributed by atoms with van der Waals surface area (Å²) in [6, 6.07) is 9.38. The van der Waals surface area contributed by atoms with Crippen molar-refractivity contribution in [1.82, 2.24) is 5.32 Å². The molecule has 0 saturated carbocycles. The summed E-state index contributed by atoms with van der Waals surface area (Å²) in [6.07, 6.45) is 3.36. The Kier molecular flexibility index (Phi) is 7.86. The smallest absolute Gasteiger partial charge is 0.0456 e. The molecule has 0 aliphatic carbocycles. The Labute approximate surface area is 124 Å². The van der Waals surface area contributed by atoms with E-state index in [1.807, 2.05) is 0 Å². The number of hydrogen-bond acceptors (Lipinski definition) is 2. The van der Waals surface area contributed by atoms with E-state index in [1.165, 1.54) is 11.1 Å². The second kappa shape index (κ2) is 9.15. The molecule has 1 rings (SSSR count). The highest BCUT2D eigenvalue weighted by Gasteiger charge is 2.06. The van der Waals surface area contributed by atoms with E-state index >= 15 is 0 Å². The Morgan fingerprint density at radius 2 is 1.70 bits per heavy atom. The van der Waals surface area contributed by atoms with Gasteiger partial charge in [0.05, 0.1) is 0 Å². The van der Waals surface area contributed by atoms with Crippen LogP contribution in [0.15, 0.2) is 24.3 Å². The molecule has 2 heteroatoms. The minimum atomic E-state index is 0.298. The van der Waals surface area contributed by atoms with Gasteiger partial charge >= 0.3 is 0 Å². The van der Waals surface area contributed by atoms with E-state index in [0.717, 1.165) is 25.8 Å². The maximum Gasteiger partial charge on any atom is 0.0456 e. The molecule has 2 unspecified atom stereocenters. The molecular weight excluding hydrogens is 246 g/mol. The van der Waals surface area contributed by atoms with Crippen LogP contribution < -0.4 is 5.32 Å². The summed E-state index contributed by atoms with van der Waals surface area (Å²) in [5.41, 5.74) is 2.78. The van der Waals surface area contributed by atoms with Gasteiger partial charge in [-0.2, -0.15) is 0 Å². The van der Waals surface area contributed by atoms with Crippen molar-refractivity contribution in [3.05, 3.63) is 35.4 Å². The summed E-state index contributed by atoms with van der Waals surface area (Å²) in [5.74, 6) is 1.13. The number of nitrogens with one attached hydrogen (secondary N) is 1. The fraction of sp³-hybridized carbons (Fsp3) is 0.667. The van der Waals surface area contributed by atoms with Crippen LogP contribution in [0.3, 0.4) is 0 Å². The van der Waals surface area contributed by atoms with Crippen LogP contribution in [0.5, 0.6) is 0 Å². The molecule has 1 aromatic rings. The lowest BCUT2D eigenvalue weighted by Gasteiger charge is -2.16. The van der Waals surface area contributed by atoms with Crippen molar-refractivity contribution in [3.8, 4) is 0 Å². The van der Waals surface area contributed by atoms with Crippen molar-refractivity contribution < 1.29 is 5.11 Å². The normalized spacial score (nSPS) is 14.5. The molecule has 0 amide bonds. The zero-order chi connectivity index (χ0) is 15.0. The number of benzene rings is 1. The van der Waals surface area contributed by atoms with Crippen molar-refractivity contribution in [2.24, 2.45) is 11.8 Å². The highest BCUT2D eigenvalue weighted by atomic mass is 16.3. The van der Waals surface area contributed by atoms with Gasteiger partial charge in [0, 0.05) is 12.6 Å². The maximum atomic E-state index is 8.99. The lowest BCUT2D eigenvalue weighted by atomic mass is 10.00. The van der Waals surface area contributed by atoms with Crippen LogP contribution in [0.2, 0.25) is 0 Å². The maximum absolute atomic E-state index is 8.99. The Balaban J connectivity index is 2.34. The summed E-state index contributed by atoms with van der Waals surface area (Å²) in [5, 5.41) is 12.5. The van der Waals surface area contributed by atoms with E-state index in [2.05, 4.69) is 57.3 Å². The summed E-state index contributed by atoms with van der Waals surface area (Å²) in [6.45, 7) is 10.1. The summed E-state index contributed by atoms with van der Waals surface area (Å²) < 4.78 is 0. The molecule has 0 spiro atoms. The van der Waals surface area contributed by atoms with Crippen LogP contribution in [0.25, 0.3) is 0 Å². The Bertz CT molecular complexity index is 358. The minimum Gasteiger partial charge on any atom is -0.396 e. The van der Waals surface area contributed by atoms with Gasteiger partial charge in [0.2, 0.25) is 0 Å². The van der Waals surface area contributed by atoms with E-state index in [4.69, 9.17) is 5.11 Å². The van der Waals surface area contributed by atoms with Crippen LogP contribution in [-0.2, 0) is 6.42 Å². The fourth-order valence-electron chi connectivity index (χ4n) is 2.39. The molecule has 2 N–H and O–H groups in total. The van der Waals surface area contributed by atoms with Gasteiger partial charge in [-0.05, 0) is 55.7 Å². The minimum absolute atomic E-state index is 0.298. The SMILES string of the molecule is CC(C)Cc1ccc(C(C)NCCCC(C)CO)cc1. The first-order valence-corrected chi connectivity index (χ1v) is 7.96. The van der Waals surface area contributed by atoms with Crippen LogP contribution in [0, 0.1) is 11.8 Å². The van der Waals surface area contributed by atoms with Crippen molar-refractivity contribution in [3.63, 3.8) is 0 Å². The lowest BCUT2D eigenvalue weighted by Crippen LogP contribution is -2.20. The average molecular weight is 277 g/mol. The van der Waals surface area contributed by atoms with Crippen molar-refractivity contribution in [1.29, 1.82) is 0 Å². The van der Waals surface area contributed by atoms with Crippen LogP contribution >= 0.6 is 0 Å². The van der Waals surface area contributed by atoms with Crippen molar-refractivity contribution >= 4 is 0 Å². The highest BCUT2D eigenvalue weighted by Crippen LogP contribution is 2.15. The molecule has 0 aromatic heterocycles. The van der Waals surface area contributed by atoms with Crippen LogP contribution in [0.1, 0.15) is 57.7 Å². The van der Waals surface area contributed by atoms with Crippen LogP contribution in [0.4, 0.5) is 0 Å². The van der Waals surface area contributed by atoms with E-state index in [9.17, 15) is 0 Å². The Hall–Kier alpha value is -0.860. The van der Waals surface area contributed by atoms with E-state index < -0.39 is 0 Å². The van der Waals surface area contributed by atoms with Gasteiger partial charge in [0.25, 0.3) is 0 Å². The first-order chi connectivity index (χ1) is 9.52.